The third-order valence-electron chi connectivity index (χ3n) is 4.88. The summed E-state index contributed by atoms with van der Waals surface area (Å²) in [4.78, 5) is 14.7. The molecule has 0 bridgehead atoms. The summed E-state index contributed by atoms with van der Waals surface area (Å²) in [7, 11) is -3.60. The van der Waals surface area contributed by atoms with Crippen LogP contribution in [0, 0.1) is 12.8 Å². The van der Waals surface area contributed by atoms with E-state index in [0.29, 0.717) is 31.9 Å². The first-order valence-electron chi connectivity index (χ1n) is 9.23. The highest BCUT2D eigenvalue weighted by Gasteiger charge is 2.33. The number of rotatable bonds is 6. The first-order chi connectivity index (χ1) is 13.2. The third kappa shape index (κ3) is 4.31. The predicted octanol–water partition coefficient (Wildman–Crippen LogP) is 1.34. The van der Waals surface area contributed by atoms with E-state index in [1.165, 1.54) is 4.31 Å². The van der Waals surface area contributed by atoms with Crippen LogP contribution in [0.3, 0.4) is 0 Å². The van der Waals surface area contributed by atoms with Crippen molar-refractivity contribution in [3.8, 4) is 0 Å². The summed E-state index contributed by atoms with van der Waals surface area (Å²) < 4.78 is 31.5. The molecule has 0 spiro atoms. The number of piperazine rings is 1. The third-order valence-corrected chi connectivity index (χ3v) is 7.29. The summed E-state index contributed by atoms with van der Waals surface area (Å²) in [5, 5.41) is 8.41. The molecule has 3 heterocycles. The second-order valence-corrected chi connectivity index (χ2v) is 9.77. The molecule has 0 aliphatic carbocycles. The van der Waals surface area contributed by atoms with Gasteiger partial charge < -0.3 is 4.90 Å². The molecule has 1 fully saturated rings. The molecule has 1 amide bonds. The molecule has 1 unspecified atom stereocenters. The standard InChI is InChI=1S/C17H25BrN6O3S/c1-4-22-12-16(14(3)20-22)28(26,27)24-7-5-21(6-8-24)17(25)13(2)10-23-11-15(18)9-19-23/h9,11-13H,4-8,10H2,1-3H3. The van der Waals surface area contributed by atoms with Crippen LogP contribution in [0.15, 0.2) is 28.0 Å². The lowest BCUT2D eigenvalue weighted by molar-refractivity contribution is -0.136. The van der Waals surface area contributed by atoms with Crippen molar-refractivity contribution < 1.29 is 13.2 Å². The summed E-state index contributed by atoms with van der Waals surface area (Å²) in [5.74, 6) is -0.223. The van der Waals surface area contributed by atoms with Crippen LogP contribution in [0.5, 0.6) is 0 Å². The zero-order valence-corrected chi connectivity index (χ0v) is 18.6. The Morgan fingerprint density at radius 2 is 1.89 bits per heavy atom. The molecule has 1 aliphatic rings. The number of carbonyl (C=O) groups is 1. The monoisotopic (exact) mass is 472 g/mol. The maximum Gasteiger partial charge on any atom is 0.246 e. The molecule has 0 radical (unpaired) electrons. The van der Waals surface area contributed by atoms with Gasteiger partial charge in [-0.3, -0.25) is 14.2 Å². The number of amides is 1. The van der Waals surface area contributed by atoms with Gasteiger partial charge in [0.25, 0.3) is 0 Å². The Labute approximate surface area is 173 Å². The minimum absolute atomic E-state index is 0.0126. The van der Waals surface area contributed by atoms with Gasteiger partial charge in [-0.05, 0) is 29.8 Å². The fraction of sp³-hybridized carbons (Fsp3) is 0.588. The van der Waals surface area contributed by atoms with Gasteiger partial charge in [0, 0.05) is 45.1 Å². The van der Waals surface area contributed by atoms with Gasteiger partial charge in [0.05, 0.1) is 28.8 Å². The van der Waals surface area contributed by atoms with Crippen molar-refractivity contribution in [2.45, 2.75) is 38.8 Å². The number of aromatic nitrogens is 4. The number of hydrogen-bond acceptors (Lipinski definition) is 5. The van der Waals surface area contributed by atoms with Gasteiger partial charge in [-0.15, -0.1) is 0 Å². The summed E-state index contributed by atoms with van der Waals surface area (Å²) >= 11 is 3.34. The van der Waals surface area contributed by atoms with E-state index in [-0.39, 0.29) is 29.8 Å². The molecule has 1 atom stereocenters. The van der Waals surface area contributed by atoms with Crippen LogP contribution in [0.2, 0.25) is 0 Å². The first kappa shape index (κ1) is 21.0. The maximum atomic E-state index is 12.9. The minimum atomic E-state index is -3.60. The molecule has 0 N–H and O–H groups in total. The Kier molecular flexibility index (Phi) is 6.25. The van der Waals surface area contributed by atoms with E-state index in [4.69, 9.17) is 0 Å². The van der Waals surface area contributed by atoms with Crippen LogP contribution in [-0.2, 0) is 27.9 Å². The zero-order chi connectivity index (χ0) is 20.5. The van der Waals surface area contributed by atoms with Crippen molar-refractivity contribution in [1.29, 1.82) is 0 Å². The molecule has 154 valence electrons. The molecule has 0 aromatic carbocycles. The Hall–Kier alpha value is -1.72. The van der Waals surface area contributed by atoms with Gasteiger partial charge in [0.15, 0.2) is 0 Å². The van der Waals surface area contributed by atoms with Crippen molar-refractivity contribution in [3.63, 3.8) is 0 Å². The molecule has 11 heteroatoms. The van der Waals surface area contributed by atoms with Crippen LogP contribution in [0.1, 0.15) is 19.5 Å². The number of sulfonamides is 1. The highest BCUT2D eigenvalue weighted by atomic mass is 79.9. The van der Waals surface area contributed by atoms with Crippen molar-refractivity contribution in [3.05, 3.63) is 28.8 Å². The first-order valence-corrected chi connectivity index (χ1v) is 11.5. The van der Waals surface area contributed by atoms with Crippen molar-refractivity contribution >= 4 is 31.9 Å². The SMILES string of the molecule is CCn1cc(S(=O)(=O)N2CCN(C(=O)C(C)Cn3cc(Br)cn3)CC2)c(C)n1. The average molecular weight is 473 g/mol. The van der Waals surface area contributed by atoms with Crippen LogP contribution < -0.4 is 0 Å². The lowest BCUT2D eigenvalue weighted by Crippen LogP contribution is -2.52. The van der Waals surface area contributed by atoms with E-state index in [2.05, 4.69) is 26.1 Å². The summed E-state index contributed by atoms with van der Waals surface area (Å²) in [6.07, 6.45) is 5.09. The summed E-state index contributed by atoms with van der Waals surface area (Å²) in [5.41, 5.74) is 0.499. The fourth-order valence-electron chi connectivity index (χ4n) is 3.31. The van der Waals surface area contributed by atoms with E-state index in [1.807, 2.05) is 20.0 Å². The molecule has 2 aromatic rings. The topological polar surface area (TPSA) is 93.3 Å². The van der Waals surface area contributed by atoms with Crippen molar-refractivity contribution in [1.82, 2.24) is 28.8 Å². The number of carbonyl (C=O) groups excluding carboxylic acids is 1. The van der Waals surface area contributed by atoms with Gasteiger partial charge >= 0.3 is 0 Å². The molecule has 1 saturated heterocycles. The van der Waals surface area contributed by atoms with E-state index >= 15 is 0 Å². The lowest BCUT2D eigenvalue weighted by atomic mass is 10.1. The Morgan fingerprint density at radius 3 is 2.43 bits per heavy atom. The van der Waals surface area contributed by atoms with E-state index < -0.39 is 10.0 Å². The number of nitrogens with zero attached hydrogens (tertiary/aromatic N) is 6. The Balaban J connectivity index is 1.61. The van der Waals surface area contributed by atoms with E-state index in [0.717, 1.165) is 4.47 Å². The largest absolute Gasteiger partial charge is 0.340 e. The fourth-order valence-corrected chi connectivity index (χ4v) is 5.23. The van der Waals surface area contributed by atoms with Crippen LogP contribution in [-0.4, -0.2) is 69.3 Å². The molecule has 2 aromatic heterocycles. The summed E-state index contributed by atoms with van der Waals surface area (Å²) in [6, 6.07) is 0. The van der Waals surface area contributed by atoms with Gasteiger partial charge in [-0.2, -0.15) is 14.5 Å². The summed E-state index contributed by atoms with van der Waals surface area (Å²) in [6.45, 7) is 7.91. The minimum Gasteiger partial charge on any atom is -0.340 e. The predicted molar refractivity (Wildman–Crippen MR) is 107 cm³/mol. The smallest absolute Gasteiger partial charge is 0.246 e. The van der Waals surface area contributed by atoms with Gasteiger partial charge in [0.1, 0.15) is 4.90 Å². The quantitative estimate of drug-likeness (QED) is 0.632. The molecular formula is C17H25BrN6O3S. The van der Waals surface area contributed by atoms with Crippen molar-refractivity contribution in [2.24, 2.45) is 5.92 Å². The van der Waals surface area contributed by atoms with Crippen molar-refractivity contribution in [2.75, 3.05) is 26.2 Å². The highest BCUT2D eigenvalue weighted by molar-refractivity contribution is 9.10. The second-order valence-electron chi connectivity index (χ2n) is 6.95. The average Bonchev–Trinajstić information content (AvgIpc) is 3.26. The number of aryl methyl sites for hydroxylation is 2. The molecule has 0 saturated carbocycles. The zero-order valence-electron chi connectivity index (χ0n) is 16.2. The van der Waals surface area contributed by atoms with Crippen LogP contribution >= 0.6 is 15.9 Å². The van der Waals surface area contributed by atoms with Crippen LogP contribution in [0.4, 0.5) is 0 Å². The molecular weight excluding hydrogens is 448 g/mol. The maximum absolute atomic E-state index is 12.9. The van der Waals surface area contributed by atoms with Gasteiger partial charge in [-0.25, -0.2) is 8.42 Å². The molecule has 1 aliphatic heterocycles. The lowest BCUT2D eigenvalue weighted by Gasteiger charge is -2.35. The second kappa shape index (κ2) is 8.34. The normalized spacial score (nSPS) is 17.1. The Bertz CT molecular complexity index is 946. The Morgan fingerprint density at radius 1 is 1.21 bits per heavy atom. The van der Waals surface area contributed by atoms with E-state index in [9.17, 15) is 13.2 Å². The van der Waals surface area contributed by atoms with Crippen LogP contribution in [0.25, 0.3) is 0 Å². The number of hydrogen-bond donors (Lipinski definition) is 0. The van der Waals surface area contributed by atoms with Gasteiger partial charge in [-0.1, -0.05) is 6.92 Å². The molecule has 3 rings (SSSR count). The highest BCUT2D eigenvalue weighted by Crippen LogP contribution is 2.21. The van der Waals surface area contributed by atoms with E-state index in [1.54, 1.807) is 33.6 Å². The molecule has 28 heavy (non-hydrogen) atoms. The number of halogens is 1. The van der Waals surface area contributed by atoms with Gasteiger partial charge in [0.2, 0.25) is 15.9 Å². The molecule has 9 nitrogen and oxygen atoms in total.